The van der Waals surface area contributed by atoms with Gasteiger partial charge in [0.1, 0.15) is 0 Å². The van der Waals surface area contributed by atoms with Crippen molar-refractivity contribution in [2.75, 3.05) is 37.6 Å². The van der Waals surface area contributed by atoms with Gasteiger partial charge in [-0.25, -0.2) is 4.98 Å². The number of carbonyl (C=O) groups is 1. The van der Waals surface area contributed by atoms with Gasteiger partial charge in [-0.2, -0.15) is 0 Å². The van der Waals surface area contributed by atoms with Crippen molar-refractivity contribution in [1.82, 2.24) is 9.88 Å². The minimum Gasteiger partial charge on any atom is -0.345 e. The Morgan fingerprint density at radius 1 is 1.35 bits per heavy atom. The van der Waals surface area contributed by atoms with Gasteiger partial charge in [0.25, 0.3) is 0 Å². The third-order valence-electron chi connectivity index (χ3n) is 4.56. The number of carbonyl (C=O) groups excluding carboxylic acids is 1. The Balaban J connectivity index is 1.56. The maximum absolute atomic E-state index is 12.6. The maximum atomic E-state index is 12.6. The lowest BCUT2D eigenvalue weighted by Crippen LogP contribution is -2.51. The van der Waals surface area contributed by atoms with Crippen LogP contribution in [0.3, 0.4) is 0 Å². The van der Waals surface area contributed by atoms with Crippen molar-refractivity contribution in [3.8, 4) is 0 Å². The van der Waals surface area contributed by atoms with Gasteiger partial charge in [0, 0.05) is 43.7 Å². The molecule has 1 saturated heterocycles. The van der Waals surface area contributed by atoms with E-state index >= 15 is 0 Å². The summed E-state index contributed by atoms with van der Waals surface area (Å²) < 4.78 is 0. The number of nitrogens with zero attached hydrogens (tertiary/aromatic N) is 3. The quantitative estimate of drug-likeness (QED) is 0.909. The number of anilines is 1. The molecule has 0 bridgehead atoms. The van der Waals surface area contributed by atoms with Crippen LogP contribution in [0.1, 0.15) is 19.3 Å². The van der Waals surface area contributed by atoms with Crippen LogP contribution in [0, 0.1) is 11.8 Å². The van der Waals surface area contributed by atoms with Crippen molar-refractivity contribution in [1.29, 1.82) is 0 Å². The first-order valence-corrected chi connectivity index (χ1v) is 8.31. The van der Waals surface area contributed by atoms with Crippen LogP contribution >= 0.6 is 11.3 Å². The van der Waals surface area contributed by atoms with Gasteiger partial charge in [0.2, 0.25) is 5.91 Å². The van der Waals surface area contributed by atoms with E-state index < -0.39 is 0 Å². The van der Waals surface area contributed by atoms with Crippen molar-refractivity contribution >= 4 is 22.4 Å². The predicted molar refractivity (Wildman–Crippen MR) is 80.8 cm³/mol. The summed E-state index contributed by atoms with van der Waals surface area (Å²) in [6.45, 7) is 4.05. The summed E-state index contributed by atoms with van der Waals surface area (Å²) in [4.78, 5) is 21.2. The first-order valence-electron chi connectivity index (χ1n) is 7.43. The lowest BCUT2D eigenvalue weighted by molar-refractivity contribution is -0.136. The zero-order valence-corrected chi connectivity index (χ0v) is 12.5. The molecule has 5 nitrogen and oxygen atoms in total. The van der Waals surface area contributed by atoms with Crippen molar-refractivity contribution < 1.29 is 4.79 Å². The van der Waals surface area contributed by atoms with Crippen molar-refractivity contribution in [3.05, 3.63) is 11.6 Å². The third kappa shape index (κ3) is 2.67. The van der Waals surface area contributed by atoms with Crippen molar-refractivity contribution in [3.63, 3.8) is 0 Å². The summed E-state index contributed by atoms with van der Waals surface area (Å²) in [7, 11) is 0. The fraction of sp³-hybridized carbons (Fsp3) is 0.714. The number of aromatic nitrogens is 1. The number of piperazine rings is 1. The summed E-state index contributed by atoms with van der Waals surface area (Å²) in [5.74, 6) is 0.905. The monoisotopic (exact) mass is 294 g/mol. The normalized spacial score (nSPS) is 27.1. The Labute approximate surface area is 123 Å². The van der Waals surface area contributed by atoms with Gasteiger partial charge in [-0.1, -0.05) is 6.42 Å². The second-order valence-electron chi connectivity index (χ2n) is 5.66. The molecule has 2 atom stereocenters. The molecular weight excluding hydrogens is 272 g/mol. The van der Waals surface area contributed by atoms with Gasteiger partial charge in [-0.15, -0.1) is 11.3 Å². The molecule has 110 valence electrons. The summed E-state index contributed by atoms with van der Waals surface area (Å²) >= 11 is 1.66. The van der Waals surface area contributed by atoms with E-state index in [0.29, 0.717) is 18.4 Å². The fourth-order valence-corrected chi connectivity index (χ4v) is 4.07. The summed E-state index contributed by atoms with van der Waals surface area (Å²) in [5.41, 5.74) is 5.79. The molecule has 20 heavy (non-hydrogen) atoms. The topological polar surface area (TPSA) is 62.5 Å². The second-order valence-corrected chi connectivity index (χ2v) is 6.53. The average molecular weight is 294 g/mol. The van der Waals surface area contributed by atoms with Crippen LogP contribution < -0.4 is 10.6 Å². The number of thiazole rings is 1. The van der Waals surface area contributed by atoms with Crippen LogP contribution in [0.5, 0.6) is 0 Å². The molecule has 1 aromatic rings. The summed E-state index contributed by atoms with van der Waals surface area (Å²) in [5, 5.41) is 3.06. The maximum Gasteiger partial charge on any atom is 0.226 e. The molecule has 0 spiro atoms. The molecular formula is C14H22N4OS. The lowest BCUT2D eigenvalue weighted by atomic mass is 9.94. The Bertz CT molecular complexity index is 442. The number of rotatable bonds is 3. The minimum atomic E-state index is 0.173. The largest absolute Gasteiger partial charge is 0.345 e. The molecule has 2 unspecified atom stereocenters. The molecule has 1 saturated carbocycles. The predicted octanol–water partition coefficient (Wildman–Crippen LogP) is 1.17. The highest BCUT2D eigenvalue weighted by Crippen LogP contribution is 2.32. The molecule has 1 amide bonds. The average Bonchev–Trinajstić information content (AvgIpc) is 3.17. The number of hydrogen-bond donors (Lipinski definition) is 1. The number of hydrogen-bond acceptors (Lipinski definition) is 5. The van der Waals surface area contributed by atoms with Crippen LogP contribution in [-0.4, -0.2) is 48.5 Å². The second kappa shape index (κ2) is 6.10. The molecule has 3 rings (SSSR count). The molecule has 2 aliphatic rings. The molecule has 0 aromatic carbocycles. The minimum absolute atomic E-state index is 0.173. The highest BCUT2D eigenvalue weighted by atomic mass is 32.1. The smallest absolute Gasteiger partial charge is 0.226 e. The van der Waals surface area contributed by atoms with E-state index in [4.69, 9.17) is 5.73 Å². The van der Waals surface area contributed by atoms with Gasteiger partial charge in [-0.3, -0.25) is 4.79 Å². The van der Waals surface area contributed by atoms with E-state index in [1.807, 2.05) is 16.5 Å². The zero-order chi connectivity index (χ0) is 13.9. The van der Waals surface area contributed by atoms with E-state index in [1.54, 1.807) is 11.3 Å². The van der Waals surface area contributed by atoms with Gasteiger partial charge in [0.05, 0.1) is 0 Å². The Morgan fingerprint density at radius 3 is 2.80 bits per heavy atom. The van der Waals surface area contributed by atoms with Crippen LogP contribution in [0.4, 0.5) is 5.13 Å². The van der Waals surface area contributed by atoms with E-state index in [2.05, 4.69) is 9.88 Å². The van der Waals surface area contributed by atoms with Crippen LogP contribution in [0.25, 0.3) is 0 Å². The van der Waals surface area contributed by atoms with E-state index in [9.17, 15) is 4.79 Å². The third-order valence-corrected chi connectivity index (χ3v) is 5.39. The molecule has 1 aliphatic carbocycles. The molecule has 2 N–H and O–H groups in total. The zero-order valence-electron chi connectivity index (χ0n) is 11.7. The van der Waals surface area contributed by atoms with Gasteiger partial charge >= 0.3 is 0 Å². The van der Waals surface area contributed by atoms with E-state index in [1.165, 1.54) is 0 Å². The Morgan fingerprint density at radius 2 is 2.15 bits per heavy atom. The van der Waals surface area contributed by atoms with Gasteiger partial charge < -0.3 is 15.5 Å². The van der Waals surface area contributed by atoms with Crippen molar-refractivity contribution in [2.45, 2.75) is 19.3 Å². The van der Waals surface area contributed by atoms with Gasteiger partial charge in [-0.05, 0) is 25.3 Å². The van der Waals surface area contributed by atoms with E-state index in [-0.39, 0.29) is 5.92 Å². The molecule has 2 heterocycles. The molecule has 6 heteroatoms. The van der Waals surface area contributed by atoms with Crippen LogP contribution in [0.15, 0.2) is 11.6 Å². The molecule has 0 radical (unpaired) electrons. The molecule has 1 aromatic heterocycles. The first kappa shape index (κ1) is 13.8. The SMILES string of the molecule is NCC1CCCC1C(=O)N1CCN(c2nccs2)CC1. The first-order chi connectivity index (χ1) is 9.79. The van der Waals surface area contributed by atoms with Crippen molar-refractivity contribution in [2.24, 2.45) is 17.6 Å². The van der Waals surface area contributed by atoms with Gasteiger partial charge in [0.15, 0.2) is 5.13 Å². The summed E-state index contributed by atoms with van der Waals surface area (Å²) in [6, 6.07) is 0. The van der Waals surface area contributed by atoms with Crippen LogP contribution in [0.2, 0.25) is 0 Å². The fourth-order valence-electron chi connectivity index (χ4n) is 3.37. The Hall–Kier alpha value is -1.14. The Kier molecular flexibility index (Phi) is 4.21. The lowest BCUT2D eigenvalue weighted by Gasteiger charge is -2.36. The molecule has 1 aliphatic heterocycles. The number of nitrogens with two attached hydrogens (primary N) is 1. The highest BCUT2D eigenvalue weighted by molar-refractivity contribution is 7.13. The molecule has 2 fully saturated rings. The standard InChI is InChI=1S/C14H22N4OS/c15-10-11-2-1-3-12(11)13(19)17-5-7-18(8-6-17)14-16-4-9-20-14/h4,9,11-12H,1-3,5-8,10,15H2. The summed E-state index contributed by atoms with van der Waals surface area (Å²) in [6.07, 6.45) is 5.12. The van der Waals surface area contributed by atoms with E-state index in [0.717, 1.165) is 50.6 Å². The van der Waals surface area contributed by atoms with Crippen LogP contribution in [-0.2, 0) is 4.79 Å². The highest BCUT2D eigenvalue weighted by Gasteiger charge is 2.35. The number of amides is 1.